The van der Waals surface area contributed by atoms with Gasteiger partial charge in [0.1, 0.15) is 0 Å². The lowest BCUT2D eigenvalue weighted by Crippen LogP contribution is -2.15. The van der Waals surface area contributed by atoms with Crippen LogP contribution in [0.1, 0.15) is 11.9 Å². The third-order valence-electron chi connectivity index (χ3n) is 2.63. The van der Waals surface area contributed by atoms with E-state index >= 15 is 0 Å². The van der Waals surface area contributed by atoms with Crippen molar-refractivity contribution in [2.75, 3.05) is 6.61 Å². The predicted molar refractivity (Wildman–Crippen MR) is 62.5 cm³/mol. The van der Waals surface area contributed by atoms with Gasteiger partial charge in [0.05, 0.1) is 29.9 Å². The molecule has 3 N–H and O–H groups in total. The maximum Gasteiger partial charge on any atom is 0.261 e. The quantitative estimate of drug-likeness (QED) is 0.691. The zero-order valence-corrected chi connectivity index (χ0v) is 9.39. The van der Waals surface area contributed by atoms with Crippen molar-refractivity contribution in [3.63, 3.8) is 0 Å². The van der Waals surface area contributed by atoms with Crippen molar-refractivity contribution in [3.8, 4) is 11.5 Å². The Balaban J connectivity index is 2.07. The first-order chi connectivity index (χ1) is 8.79. The standard InChI is InChI=1S/C11H11N5O2/c12-8(6-17)10-14-11(18-15-10)7-5-13-16-4-2-1-3-9(7)16/h1-5,8,17H,6,12H2. The van der Waals surface area contributed by atoms with Crippen LogP contribution in [-0.4, -0.2) is 31.5 Å². The number of nitrogens with two attached hydrogens (primary N) is 1. The van der Waals surface area contributed by atoms with Crippen molar-refractivity contribution in [1.82, 2.24) is 19.8 Å². The van der Waals surface area contributed by atoms with Gasteiger partial charge in [0.2, 0.25) is 0 Å². The largest absolute Gasteiger partial charge is 0.394 e. The van der Waals surface area contributed by atoms with Crippen molar-refractivity contribution in [3.05, 3.63) is 36.4 Å². The SMILES string of the molecule is NC(CO)c1noc(-c2cnn3ccccc23)n1. The average molecular weight is 245 g/mol. The Morgan fingerprint density at radius 1 is 1.44 bits per heavy atom. The molecular formula is C11H11N5O2. The molecule has 0 radical (unpaired) electrons. The van der Waals surface area contributed by atoms with E-state index in [0.717, 1.165) is 11.1 Å². The highest BCUT2D eigenvalue weighted by Gasteiger charge is 2.17. The topological polar surface area (TPSA) is 102 Å². The van der Waals surface area contributed by atoms with Gasteiger partial charge in [-0.15, -0.1) is 0 Å². The van der Waals surface area contributed by atoms with E-state index in [0.29, 0.717) is 5.89 Å². The molecule has 3 aromatic rings. The molecule has 0 spiro atoms. The summed E-state index contributed by atoms with van der Waals surface area (Å²) in [6, 6.07) is 5.05. The van der Waals surface area contributed by atoms with E-state index in [9.17, 15) is 0 Å². The number of hydrogen-bond acceptors (Lipinski definition) is 6. The molecule has 92 valence electrons. The van der Waals surface area contributed by atoms with Gasteiger partial charge < -0.3 is 15.4 Å². The van der Waals surface area contributed by atoms with Crippen LogP contribution in [0.5, 0.6) is 0 Å². The lowest BCUT2D eigenvalue weighted by Gasteiger charge is -1.98. The zero-order valence-electron chi connectivity index (χ0n) is 9.39. The Labute approximate surface area is 102 Å². The first kappa shape index (κ1) is 10.9. The van der Waals surface area contributed by atoms with E-state index in [1.165, 1.54) is 0 Å². The summed E-state index contributed by atoms with van der Waals surface area (Å²) < 4.78 is 6.85. The first-order valence-electron chi connectivity index (χ1n) is 5.42. The van der Waals surface area contributed by atoms with Crippen LogP contribution in [0.25, 0.3) is 17.0 Å². The third kappa shape index (κ3) is 1.66. The van der Waals surface area contributed by atoms with Crippen molar-refractivity contribution in [2.45, 2.75) is 6.04 Å². The molecule has 7 nitrogen and oxygen atoms in total. The van der Waals surface area contributed by atoms with E-state index in [1.807, 2.05) is 24.4 Å². The summed E-state index contributed by atoms with van der Waals surface area (Å²) in [5.41, 5.74) is 7.22. The molecule has 0 bridgehead atoms. The van der Waals surface area contributed by atoms with Gasteiger partial charge in [-0.2, -0.15) is 10.1 Å². The molecule has 0 aliphatic rings. The van der Waals surface area contributed by atoms with Gasteiger partial charge in [-0.05, 0) is 12.1 Å². The van der Waals surface area contributed by atoms with Gasteiger partial charge in [0.15, 0.2) is 5.82 Å². The number of aliphatic hydroxyl groups excluding tert-OH is 1. The molecule has 0 aliphatic heterocycles. The lowest BCUT2D eigenvalue weighted by molar-refractivity contribution is 0.260. The van der Waals surface area contributed by atoms with Crippen LogP contribution in [0, 0.1) is 0 Å². The Hall–Kier alpha value is -2.25. The molecular weight excluding hydrogens is 234 g/mol. The fraction of sp³-hybridized carbons (Fsp3) is 0.182. The molecule has 3 rings (SSSR count). The molecule has 0 aliphatic carbocycles. The summed E-state index contributed by atoms with van der Waals surface area (Å²) in [6.07, 6.45) is 3.48. The monoisotopic (exact) mass is 245 g/mol. The van der Waals surface area contributed by atoms with E-state index in [4.69, 9.17) is 15.4 Å². The zero-order chi connectivity index (χ0) is 12.5. The molecule has 0 aromatic carbocycles. The predicted octanol–water partition coefficient (Wildman–Crippen LogP) is 0.376. The number of aromatic nitrogens is 4. The summed E-state index contributed by atoms with van der Waals surface area (Å²) in [6.45, 7) is -0.228. The van der Waals surface area contributed by atoms with Crippen LogP contribution in [0.2, 0.25) is 0 Å². The highest BCUT2D eigenvalue weighted by Crippen LogP contribution is 2.23. The lowest BCUT2D eigenvalue weighted by atomic mass is 10.2. The molecule has 3 aromatic heterocycles. The molecule has 18 heavy (non-hydrogen) atoms. The van der Waals surface area contributed by atoms with Crippen LogP contribution in [0.15, 0.2) is 35.1 Å². The second kappa shape index (κ2) is 4.21. The molecule has 1 atom stereocenters. The highest BCUT2D eigenvalue weighted by atomic mass is 16.5. The fourth-order valence-electron chi connectivity index (χ4n) is 1.68. The smallest absolute Gasteiger partial charge is 0.261 e. The van der Waals surface area contributed by atoms with Crippen LogP contribution < -0.4 is 5.73 Å². The molecule has 1 unspecified atom stereocenters. The Bertz CT molecular complexity index is 675. The van der Waals surface area contributed by atoms with Crippen molar-refractivity contribution in [1.29, 1.82) is 0 Å². The normalized spacial score (nSPS) is 13.0. The first-order valence-corrected chi connectivity index (χ1v) is 5.42. The second-order valence-electron chi connectivity index (χ2n) is 3.84. The third-order valence-corrected chi connectivity index (χ3v) is 2.63. The maximum absolute atomic E-state index is 8.94. The fourth-order valence-corrected chi connectivity index (χ4v) is 1.68. The maximum atomic E-state index is 8.94. The Morgan fingerprint density at radius 3 is 3.17 bits per heavy atom. The van der Waals surface area contributed by atoms with E-state index in [-0.39, 0.29) is 12.4 Å². The molecule has 0 saturated heterocycles. The Morgan fingerprint density at radius 2 is 2.33 bits per heavy atom. The summed E-state index contributed by atoms with van der Waals surface area (Å²) in [5, 5.41) is 16.9. The summed E-state index contributed by atoms with van der Waals surface area (Å²) in [7, 11) is 0. The van der Waals surface area contributed by atoms with Crippen molar-refractivity contribution in [2.24, 2.45) is 5.73 Å². The van der Waals surface area contributed by atoms with Gasteiger partial charge in [0, 0.05) is 6.20 Å². The van der Waals surface area contributed by atoms with E-state index < -0.39 is 6.04 Å². The number of aliphatic hydroxyl groups is 1. The number of nitrogens with zero attached hydrogens (tertiary/aromatic N) is 4. The van der Waals surface area contributed by atoms with Gasteiger partial charge in [-0.25, -0.2) is 4.52 Å². The van der Waals surface area contributed by atoms with Gasteiger partial charge in [0.25, 0.3) is 5.89 Å². The van der Waals surface area contributed by atoms with Crippen LogP contribution in [0.3, 0.4) is 0 Å². The molecule has 7 heteroatoms. The summed E-state index contributed by atoms with van der Waals surface area (Å²) >= 11 is 0. The van der Waals surface area contributed by atoms with Crippen molar-refractivity contribution >= 4 is 5.52 Å². The summed E-state index contributed by atoms with van der Waals surface area (Å²) in [5.74, 6) is 0.623. The molecule has 0 saturated carbocycles. The van der Waals surface area contributed by atoms with Gasteiger partial charge in [-0.3, -0.25) is 0 Å². The Kier molecular flexibility index (Phi) is 2.54. The number of rotatable bonds is 3. The number of hydrogen-bond donors (Lipinski definition) is 2. The molecule has 0 amide bonds. The van der Waals surface area contributed by atoms with Crippen LogP contribution in [0.4, 0.5) is 0 Å². The van der Waals surface area contributed by atoms with Crippen LogP contribution >= 0.6 is 0 Å². The minimum absolute atomic E-state index is 0.228. The van der Waals surface area contributed by atoms with E-state index in [1.54, 1.807) is 10.7 Å². The van der Waals surface area contributed by atoms with E-state index in [2.05, 4.69) is 15.2 Å². The summed E-state index contributed by atoms with van der Waals surface area (Å²) in [4.78, 5) is 4.16. The second-order valence-corrected chi connectivity index (χ2v) is 3.84. The highest BCUT2D eigenvalue weighted by molar-refractivity contribution is 5.74. The minimum atomic E-state index is -0.635. The molecule has 3 heterocycles. The molecule has 0 fully saturated rings. The number of pyridine rings is 1. The average Bonchev–Trinajstić information content (AvgIpc) is 3.03. The minimum Gasteiger partial charge on any atom is -0.394 e. The van der Waals surface area contributed by atoms with Gasteiger partial charge in [-0.1, -0.05) is 11.2 Å². The van der Waals surface area contributed by atoms with Crippen LogP contribution in [-0.2, 0) is 0 Å². The number of fused-ring (bicyclic) bond motifs is 1. The van der Waals surface area contributed by atoms with Crippen molar-refractivity contribution < 1.29 is 9.63 Å². The van der Waals surface area contributed by atoms with Gasteiger partial charge >= 0.3 is 0 Å².